The van der Waals surface area contributed by atoms with Gasteiger partial charge in [0.05, 0.1) is 6.20 Å². The third kappa shape index (κ3) is 2.45. The number of aromatic nitrogens is 2. The van der Waals surface area contributed by atoms with Gasteiger partial charge >= 0.3 is 0 Å². The lowest BCUT2D eigenvalue weighted by molar-refractivity contribution is 1.08. The van der Waals surface area contributed by atoms with Gasteiger partial charge < -0.3 is 4.90 Å². The predicted molar refractivity (Wildman–Crippen MR) is 71.6 cm³/mol. The molecule has 0 aliphatic rings. The molecule has 0 unspecified atom stereocenters. The Bertz CT molecular complexity index is 525. The molecule has 0 atom stereocenters. The van der Waals surface area contributed by atoms with Crippen LogP contribution in [0.15, 0.2) is 43.1 Å². The Balaban J connectivity index is 2.46. The first-order chi connectivity index (χ1) is 8.22. The number of halogens is 1. The first-order valence-corrected chi connectivity index (χ1v) is 5.54. The van der Waals surface area contributed by atoms with Gasteiger partial charge in [0.1, 0.15) is 10.8 Å². The molecule has 0 radical (unpaired) electrons. The van der Waals surface area contributed by atoms with Crippen molar-refractivity contribution in [3.05, 3.63) is 54.0 Å². The topological polar surface area (TPSA) is 29.0 Å². The number of anilines is 2. The minimum Gasteiger partial charge on any atom is -0.328 e. The lowest BCUT2D eigenvalue weighted by Crippen LogP contribution is -2.13. The van der Waals surface area contributed by atoms with Gasteiger partial charge in [0, 0.05) is 12.7 Å². The molecule has 2 aromatic rings. The highest BCUT2D eigenvalue weighted by Crippen LogP contribution is 2.25. The normalized spacial score (nSPS) is 10.0. The van der Waals surface area contributed by atoms with E-state index in [0.29, 0.717) is 16.7 Å². The maximum atomic E-state index is 5.87. The van der Waals surface area contributed by atoms with Crippen molar-refractivity contribution < 1.29 is 0 Å². The average Bonchev–Trinajstić information content (AvgIpc) is 2.39. The van der Waals surface area contributed by atoms with Crippen molar-refractivity contribution in [2.75, 3.05) is 11.9 Å². The number of rotatable bonds is 3. The quantitative estimate of drug-likeness (QED) is 0.828. The molecule has 0 saturated heterocycles. The Hall–Kier alpha value is -1.87. The van der Waals surface area contributed by atoms with E-state index in [9.17, 15) is 0 Å². The van der Waals surface area contributed by atoms with Crippen LogP contribution in [-0.2, 0) is 0 Å². The third-order valence-corrected chi connectivity index (χ3v) is 2.59. The van der Waals surface area contributed by atoms with E-state index in [0.717, 1.165) is 5.69 Å². The molecule has 3 nitrogen and oxygen atoms in total. The van der Waals surface area contributed by atoms with E-state index in [4.69, 9.17) is 11.6 Å². The van der Waals surface area contributed by atoms with Crippen LogP contribution < -0.4 is 4.90 Å². The Kier molecular flexibility index (Phi) is 3.40. The molecule has 17 heavy (non-hydrogen) atoms. The molecule has 0 amide bonds. The summed E-state index contributed by atoms with van der Waals surface area (Å²) in [4.78, 5) is 10.4. The highest BCUT2D eigenvalue weighted by atomic mass is 35.5. The van der Waals surface area contributed by atoms with Crippen molar-refractivity contribution in [2.24, 2.45) is 0 Å². The summed E-state index contributed by atoms with van der Waals surface area (Å²) in [6.07, 6.45) is 3.18. The second-order valence-electron chi connectivity index (χ2n) is 3.50. The lowest BCUT2D eigenvalue weighted by atomic mass is 10.3. The van der Waals surface area contributed by atoms with Crippen molar-refractivity contribution in [1.29, 1.82) is 0 Å². The van der Waals surface area contributed by atoms with E-state index in [-0.39, 0.29) is 0 Å². The number of nitrogens with zero attached hydrogens (tertiary/aromatic N) is 3. The molecule has 0 aliphatic carbocycles. The number of para-hydroxylation sites is 1. The summed E-state index contributed by atoms with van der Waals surface area (Å²) >= 11 is 5.87. The van der Waals surface area contributed by atoms with Crippen LogP contribution in [0, 0.1) is 0 Å². The second-order valence-corrected chi connectivity index (χ2v) is 3.89. The lowest BCUT2D eigenvalue weighted by Gasteiger charge is -2.19. The fourth-order valence-electron chi connectivity index (χ4n) is 1.53. The van der Waals surface area contributed by atoms with Crippen LogP contribution in [-0.4, -0.2) is 17.0 Å². The molecule has 4 heteroatoms. The van der Waals surface area contributed by atoms with Crippen molar-refractivity contribution in [3.63, 3.8) is 0 Å². The second kappa shape index (κ2) is 4.97. The van der Waals surface area contributed by atoms with Gasteiger partial charge in [0.15, 0.2) is 5.82 Å². The van der Waals surface area contributed by atoms with Crippen LogP contribution in [0.3, 0.4) is 0 Å². The average molecular weight is 246 g/mol. The highest BCUT2D eigenvalue weighted by molar-refractivity contribution is 6.29. The summed E-state index contributed by atoms with van der Waals surface area (Å²) in [6.45, 7) is 3.73. The van der Waals surface area contributed by atoms with Crippen molar-refractivity contribution in [2.45, 2.75) is 0 Å². The zero-order valence-corrected chi connectivity index (χ0v) is 10.2. The van der Waals surface area contributed by atoms with E-state index in [2.05, 4.69) is 16.5 Å². The van der Waals surface area contributed by atoms with Gasteiger partial charge in [0.2, 0.25) is 0 Å². The van der Waals surface area contributed by atoms with Crippen molar-refractivity contribution >= 4 is 29.2 Å². The summed E-state index contributed by atoms with van der Waals surface area (Å²) in [5.74, 6) is 0.693. The Labute approximate surface area is 105 Å². The van der Waals surface area contributed by atoms with Gasteiger partial charge in [-0.05, 0) is 18.2 Å². The summed E-state index contributed by atoms with van der Waals surface area (Å²) in [7, 11) is 1.92. The minimum absolute atomic E-state index is 0.369. The maximum absolute atomic E-state index is 5.87. The molecule has 1 aromatic carbocycles. The Morgan fingerprint density at radius 2 is 2.00 bits per heavy atom. The van der Waals surface area contributed by atoms with Crippen molar-refractivity contribution in [1.82, 2.24) is 9.97 Å². The molecular formula is C13H12ClN3. The number of hydrogen-bond acceptors (Lipinski definition) is 3. The molecule has 1 aromatic heterocycles. The van der Waals surface area contributed by atoms with Gasteiger partial charge in [-0.3, -0.25) is 0 Å². The SMILES string of the molecule is C=Cc1ncc(Cl)nc1N(C)c1ccccc1. The largest absolute Gasteiger partial charge is 0.328 e. The van der Waals surface area contributed by atoms with Crippen LogP contribution in [0.1, 0.15) is 5.69 Å². The van der Waals surface area contributed by atoms with E-state index in [1.807, 2.05) is 42.3 Å². The summed E-state index contributed by atoms with van der Waals surface area (Å²) in [5, 5.41) is 0.369. The van der Waals surface area contributed by atoms with E-state index >= 15 is 0 Å². The van der Waals surface area contributed by atoms with Gasteiger partial charge in [0.25, 0.3) is 0 Å². The maximum Gasteiger partial charge on any atom is 0.160 e. The first kappa shape index (κ1) is 11.6. The molecule has 0 aliphatic heterocycles. The highest BCUT2D eigenvalue weighted by Gasteiger charge is 2.10. The molecular weight excluding hydrogens is 234 g/mol. The standard InChI is InChI=1S/C13H12ClN3/c1-3-11-13(16-12(14)9-15-11)17(2)10-7-5-4-6-8-10/h3-9H,1H2,2H3. The number of hydrogen-bond donors (Lipinski definition) is 0. The van der Waals surface area contributed by atoms with Crippen LogP contribution in [0.2, 0.25) is 5.15 Å². The smallest absolute Gasteiger partial charge is 0.160 e. The summed E-state index contributed by atoms with van der Waals surface area (Å²) < 4.78 is 0. The van der Waals surface area contributed by atoms with Crippen LogP contribution in [0.25, 0.3) is 6.08 Å². The molecule has 0 fully saturated rings. The number of benzene rings is 1. The first-order valence-electron chi connectivity index (χ1n) is 5.16. The molecule has 1 heterocycles. The van der Waals surface area contributed by atoms with Gasteiger partial charge in [-0.1, -0.05) is 36.4 Å². The van der Waals surface area contributed by atoms with Crippen LogP contribution in [0.5, 0.6) is 0 Å². The molecule has 0 spiro atoms. The van der Waals surface area contributed by atoms with Gasteiger partial charge in [-0.15, -0.1) is 0 Å². The Morgan fingerprint density at radius 1 is 1.29 bits per heavy atom. The summed E-state index contributed by atoms with van der Waals surface area (Å²) in [5.41, 5.74) is 1.73. The third-order valence-electron chi connectivity index (χ3n) is 2.41. The summed E-state index contributed by atoms with van der Waals surface area (Å²) in [6, 6.07) is 9.90. The van der Waals surface area contributed by atoms with Gasteiger partial charge in [-0.2, -0.15) is 0 Å². The molecule has 0 N–H and O–H groups in total. The zero-order chi connectivity index (χ0) is 12.3. The predicted octanol–water partition coefficient (Wildman–Crippen LogP) is 3.54. The van der Waals surface area contributed by atoms with E-state index in [1.165, 1.54) is 6.20 Å². The van der Waals surface area contributed by atoms with Crippen LogP contribution in [0.4, 0.5) is 11.5 Å². The Morgan fingerprint density at radius 3 is 2.65 bits per heavy atom. The van der Waals surface area contributed by atoms with Crippen LogP contribution >= 0.6 is 11.6 Å². The van der Waals surface area contributed by atoms with Gasteiger partial charge in [-0.25, -0.2) is 9.97 Å². The molecule has 2 rings (SSSR count). The monoisotopic (exact) mass is 245 g/mol. The fraction of sp³-hybridized carbons (Fsp3) is 0.0769. The molecule has 0 saturated carbocycles. The van der Waals surface area contributed by atoms with E-state index < -0.39 is 0 Å². The minimum atomic E-state index is 0.369. The van der Waals surface area contributed by atoms with E-state index in [1.54, 1.807) is 6.08 Å². The molecule has 0 bridgehead atoms. The fourth-order valence-corrected chi connectivity index (χ4v) is 1.66. The zero-order valence-electron chi connectivity index (χ0n) is 9.47. The van der Waals surface area contributed by atoms with Crippen molar-refractivity contribution in [3.8, 4) is 0 Å². The molecule has 86 valence electrons.